The molecule has 52 heavy (non-hydrogen) atoms. The first-order valence-corrected chi connectivity index (χ1v) is 16.0. The maximum atomic E-state index is 13.3. The minimum absolute atomic E-state index is 0.0349. The largest absolute Gasteiger partial charge is 0.508 e. The molecule has 0 aliphatic rings. The van der Waals surface area contributed by atoms with Gasteiger partial charge in [-0.15, -0.1) is 0 Å². The van der Waals surface area contributed by atoms with Gasteiger partial charge in [0, 0.05) is 40.3 Å². The quantitative estimate of drug-likeness (QED) is 0.116. The van der Waals surface area contributed by atoms with E-state index < -0.39 is 78.8 Å². The van der Waals surface area contributed by atoms with Gasteiger partial charge in [-0.2, -0.15) is 0 Å². The van der Waals surface area contributed by atoms with Gasteiger partial charge in [0.2, 0.25) is 0 Å². The topological polar surface area (TPSA) is 211 Å². The second-order valence-corrected chi connectivity index (χ2v) is 11.7. The van der Waals surface area contributed by atoms with Gasteiger partial charge >= 0.3 is 35.8 Å². The lowest BCUT2D eigenvalue weighted by Crippen LogP contribution is -2.53. The summed E-state index contributed by atoms with van der Waals surface area (Å²) >= 11 is 0. The van der Waals surface area contributed by atoms with Crippen LogP contribution in [-0.2, 0) is 58.9 Å². The summed E-state index contributed by atoms with van der Waals surface area (Å²) in [6.45, 7) is 4.98. The summed E-state index contributed by atoms with van der Waals surface area (Å²) in [6.07, 6.45) is -6.12. The molecule has 0 fully saturated rings. The molecule has 0 aromatic heterocycles. The highest BCUT2D eigenvalue weighted by atomic mass is 16.6. The van der Waals surface area contributed by atoms with Crippen LogP contribution in [0, 0.1) is 0 Å². The predicted octanol–water partition coefficient (Wildman–Crippen LogP) is 3.69. The number of ether oxygens (including phenoxy) is 6. The SMILES string of the molecule is COc1ccc2cc(C(C)C(=O)OCC(OC(C)=O)C(OC(C)=O)C(OC(C)=O)C(C=N[C@@H](Cc3ccc(O)cc3)C(=O)O)OC(C)=O)ccc2c1. The van der Waals surface area contributed by atoms with Crippen molar-refractivity contribution < 1.29 is 67.4 Å². The number of carbonyl (C=O) groups excluding carboxylic acids is 5. The highest BCUT2D eigenvalue weighted by molar-refractivity contribution is 5.87. The van der Waals surface area contributed by atoms with Crippen molar-refractivity contribution in [2.75, 3.05) is 13.7 Å². The number of fused-ring (bicyclic) bond motifs is 1. The van der Waals surface area contributed by atoms with E-state index in [9.17, 15) is 39.0 Å². The molecule has 0 heterocycles. The molecule has 0 aliphatic heterocycles. The number of nitrogens with zero attached hydrogens (tertiary/aromatic N) is 1. The molecule has 0 aliphatic carbocycles. The molecular formula is C37H41NO14. The zero-order valence-electron chi connectivity index (χ0n) is 29.5. The first kappa shape index (κ1) is 40.4. The smallest absolute Gasteiger partial charge is 0.328 e. The second-order valence-electron chi connectivity index (χ2n) is 11.7. The first-order chi connectivity index (χ1) is 24.6. The van der Waals surface area contributed by atoms with Crippen LogP contribution in [0.2, 0.25) is 0 Å². The number of aromatic hydroxyl groups is 1. The van der Waals surface area contributed by atoms with Crippen LogP contribution in [0.25, 0.3) is 10.8 Å². The van der Waals surface area contributed by atoms with E-state index >= 15 is 0 Å². The van der Waals surface area contributed by atoms with Crippen LogP contribution in [0.4, 0.5) is 0 Å². The number of esters is 5. The first-order valence-electron chi connectivity index (χ1n) is 16.0. The molecule has 15 heteroatoms. The number of hydrogen-bond donors (Lipinski definition) is 2. The Bertz CT molecular complexity index is 1790. The summed E-state index contributed by atoms with van der Waals surface area (Å²) in [4.78, 5) is 78.8. The molecule has 278 valence electrons. The molecule has 3 aromatic carbocycles. The third-order valence-corrected chi connectivity index (χ3v) is 7.62. The van der Waals surface area contributed by atoms with Crippen LogP contribution >= 0.6 is 0 Å². The Hall–Kier alpha value is -5.99. The Labute approximate surface area is 299 Å². The molecule has 0 radical (unpaired) electrons. The van der Waals surface area contributed by atoms with Crippen molar-refractivity contribution in [3.8, 4) is 11.5 Å². The third kappa shape index (κ3) is 12.1. The van der Waals surface area contributed by atoms with Crippen molar-refractivity contribution in [2.24, 2.45) is 4.99 Å². The van der Waals surface area contributed by atoms with Crippen molar-refractivity contribution >= 4 is 52.8 Å². The molecule has 15 nitrogen and oxygen atoms in total. The summed E-state index contributed by atoms with van der Waals surface area (Å²) in [5.41, 5.74) is 1.10. The fourth-order valence-electron chi connectivity index (χ4n) is 5.15. The number of carboxylic acids is 1. The molecule has 5 unspecified atom stereocenters. The van der Waals surface area contributed by atoms with Gasteiger partial charge in [-0.05, 0) is 53.1 Å². The van der Waals surface area contributed by atoms with E-state index in [-0.39, 0.29) is 12.2 Å². The van der Waals surface area contributed by atoms with Crippen molar-refractivity contribution in [3.63, 3.8) is 0 Å². The Morgan fingerprint density at radius 2 is 1.33 bits per heavy atom. The van der Waals surface area contributed by atoms with Crippen LogP contribution in [-0.4, -0.2) is 96.4 Å². The highest BCUT2D eigenvalue weighted by Crippen LogP contribution is 2.27. The molecule has 0 bridgehead atoms. The van der Waals surface area contributed by atoms with Gasteiger partial charge < -0.3 is 38.6 Å². The minimum atomic E-state index is -1.78. The van der Waals surface area contributed by atoms with Gasteiger partial charge in [0.05, 0.1) is 13.0 Å². The van der Waals surface area contributed by atoms with Crippen LogP contribution in [0.3, 0.4) is 0 Å². The van der Waals surface area contributed by atoms with Crippen LogP contribution in [0.5, 0.6) is 11.5 Å². The van der Waals surface area contributed by atoms with Crippen molar-refractivity contribution in [3.05, 3.63) is 71.8 Å². The number of rotatable bonds is 17. The maximum absolute atomic E-state index is 13.3. The van der Waals surface area contributed by atoms with Crippen molar-refractivity contribution in [2.45, 2.75) is 77.4 Å². The molecule has 3 rings (SSSR count). The van der Waals surface area contributed by atoms with E-state index in [0.717, 1.165) is 44.7 Å². The lowest BCUT2D eigenvalue weighted by atomic mass is 9.97. The minimum Gasteiger partial charge on any atom is -0.508 e. The lowest BCUT2D eigenvalue weighted by Gasteiger charge is -2.34. The van der Waals surface area contributed by atoms with Gasteiger partial charge in [-0.1, -0.05) is 36.4 Å². The molecule has 0 saturated heterocycles. The summed E-state index contributed by atoms with van der Waals surface area (Å²) in [7, 11) is 1.55. The van der Waals surface area contributed by atoms with Crippen LogP contribution in [0.15, 0.2) is 65.7 Å². The summed E-state index contributed by atoms with van der Waals surface area (Å²) in [6, 6.07) is 15.1. The lowest BCUT2D eigenvalue weighted by molar-refractivity contribution is -0.198. The van der Waals surface area contributed by atoms with E-state index in [1.54, 1.807) is 32.2 Å². The number of carboxylic acid groups (broad SMARTS) is 1. The predicted molar refractivity (Wildman–Crippen MR) is 184 cm³/mol. The number of hydrogen-bond acceptors (Lipinski definition) is 14. The van der Waals surface area contributed by atoms with E-state index in [1.807, 2.05) is 18.2 Å². The number of phenolic OH excluding ortho intramolecular Hbond substituents is 1. The van der Waals surface area contributed by atoms with E-state index in [2.05, 4.69) is 4.99 Å². The van der Waals surface area contributed by atoms with Crippen molar-refractivity contribution in [1.82, 2.24) is 0 Å². The Morgan fingerprint density at radius 1 is 0.750 bits per heavy atom. The maximum Gasteiger partial charge on any atom is 0.328 e. The fraction of sp³-hybridized carbons (Fsp3) is 0.378. The fourth-order valence-corrected chi connectivity index (χ4v) is 5.15. The average molecular weight is 724 g/mol. The molecular weight excluding hydrogens is 682 g/mol. The zero-order valence-corrected chi connectivity index (χ0v) is 29.5. The number of aliphatic imine (C=N–C) groups is 1. The summed E-state index contributed by atoms with van der Waals surface area (Å²) < 4.78 is 32.5. The number of phenols is 1. The number of carbonyl (C=O) groups is 6. The van der Waals surface area contributed by atoms with E-state index in [1.165, 1.54) is 24.3 Å². The van der Waals surface area contributed by atoms with Gasteiger partial charge in [0.1, 0.15) is 18.1 Å². The molecule has 6 atom stereocenters. The molecule has 0 saturated carbocycles. The number of aliphatic carboxylic acids is 1. The average Bonchev–Trinajstić information content (AvgIpc) is 3.08. The molecule has 0 amide bonds. The zero-order chi connectivity index (χ0) is 38.5. The standard InChI is InChI=1S/C37H41NO14/c1-20(26-9-10-28-17-30(47-6)14-11-27(28)16-26)37(46)48-19-33(50-22(3)40)35(52-24(5)42)34(51-23(4)41)32(49-21(2)39)18-38-31(36(44)45)15-25-7-12-29(43)13-8-25/h7-14,16-18,20,31-35,43H,15,19H2,1-6H3,(H,44,45)/t20?,31-,32?,33?,34?,35?/m0/s1. The summed E-state index contributed by atoms with van der Waals surface area (Å²) in [5.74, 6) is -6.00. The van der Waals surface area contributed by atoms with Crippen molar-refractivity contribution in [1.29, 1.82) is 0 Å². The molecule has 2 N–H and O–H groups in total. The Kier molecular flexibility index (Phi) is 14.7. The second kappa shape index (κ2) is 18.8. The molecule has 3 aromatic rings. The number of methoxy groups -OCH3 is 1. The Balaban J connectivity index is 1.96. The van der Waals surface area contributed by atoms with E-state index in [0.29, 0.717) is 16.9 Å². The van der Waals surface area contributed by atoms with Gasteiger partial charge in [-0.3, -0.25) is 29.0 Å². The summed E-state index contributed by atoms with van der Waals surface area (Å²) in [5, 5.41) is 21.1. The van der Waals surface area contributed by atoms with Gasteiger partial charge in [0.15, 0.2) is 30.5 Å². The third-order valence-electron chi connectivity index (χ3n) is 7.62. The van der Waals surface area contributed by atoms with Gasteiger partial charge in [0.25, 0.3) is 0 Å². The van der Waals surface area contributed by atoms with Crippen LogP contribution in [0.1, 0.15) is 51.7 Å². The highest BCUT2D eigenvalue weighted by Gasteiger charge is 2.44. The number of benzene rings is 3. The monoisotopic (exact) mass is 723 g/mol. The van der Waals surface area contributed by atoms with Crippen LogP contribution < -0.4 is 4.74 Å². The Morgan fingerprint density at radius 3 is 1.90 bits per heavy atom. The normalized spacial score (nSPS) is 14.6. The molecule has 0 spiro atoms. The van der Waals surface area contributed by atoms with Gasteiger partial charge in [-0.25, -0.2) is 4.79 Å². The van der Waals surface area contributed by atoms with E-state index in [4.69, 9.17) is 28.4 Å².